The molecular weight excluding hydrogens is 260 g/mol. The van der Waals surface area contributed by atoms with Gasteiger partial charge in [0.1, 0.15) is 0 Å². The van der Waals surface area contributed by atoms with Gasteiger partial charge in [0.25, 0.3) is 0 Å². The van der Waals surface area contributed by atoms with Gasteiger partial charge in [0.2, 0.25) is 5.91 Å². The predicted octanol–water partition coefficient (Wildman–Crippen LogP) is 3.35. The van der Waals surface area contributed by atoms with E-state index in [0.717, 1.165) is 35.8 Å². The standard InChI is InChI=1S/C18H20N2O/c1-13-7-8-20(12-14(13)2)18(21)9-16-11-19-10-15-5-3-4-6-17(15)16/h3-6,10-11H,7-9,12H2,1-2H3. The molecule has 2 aromatic rings. The van der Waals surface area contributed by atoms with E-state index in [9.17, 15) is 4.79 Å². The summed E-state index contributed by atoms with van der Waals surface area (Å²) in [5, 5.41) is 2.22. The summed E-state index contributed by atoms with van der Waals surface area (Å²) in [5.74, 6) is 0.194. The molecule has 0 fully saturated rings. The Morgan fingerprint density at radius 3 is 2.81 bits per heavy atom. The van der Waals surface area contributed by atoms with Crippen LogP contribution in [0.4, 0.5) is 0 Å². The maximum atomic E-state index is 12.5. The highest BCUT2D eigenvalue weighted by Crippen LogP contribution is 2.20. The number of amides is 1. The highest BCUT2D eigenvalue weighted by atomic mass is 16.2. The summed E-state index contributed by atoms with van der Waals surface area (Å²) in [5.41, 5.74) is 3.76. The number of aromatic nitrogens is 1. The molecule has 0 saturated carbocycles. The van der Waals surface area contributed by atoms with Gasteiger partial charge in [-0.15, -0.1) is 0 Å². The topological polar surface area (TPSA) is 33.2 Å². The number of carbonyl (C=O) groups excluding carboxylic acids is 1. The largest absolute Gasteiger partial charge is 0.338 e. The van der Waals surface area contributed by atoms with Crippen molar-refractivity contribution < 1.29 is 4.79 Å². The SMILES string of the molecule is CC1=C(C)CN(C(=O)Cc2cncc3ccccc23)CC1. The number of benzene rings is 1. The van der Waals surface area contributed by atoms with Gasteiger partial charge in [-0.2, -0.15) is 0 Å². The number of hydrogen-bond acceptors (Lipinski definition) is 2. The van der Waals surface area contributed by atoms with Crippen molar-refractivity contribution >= 4 is 16.7 Å². The molecule has 3 heteroatoms. The summed E-state index contributed by atoms with van der Waals surface area (Å²) in [7, 11) is 0. The zero-order valence-corrected chi connectivity index (χ0v) is 12.6. The van der Waals surface area contributed by atoms with E-state index in [-0.39, 0.29) is 5.91 Å². The maximum Gasteiger partial charge on any atom is 0.227 e. The molecule has 3 nitrogen and oxygen atoms in total. The normalized spacial score (nSPS) is 15.6. The van der Waals surface area contributed by atoms with Crippen LogP contribution in [0.15, 0.2) is 47.8 Å². The van der Waals surface area contributed by atoms with Crippen molar-refractivity contribution in [1.82, 2.24) is 9.88 Å². The summed E-state index contributed by atoms with van der Waals surface area (Å²) in [6.07, 6.45) is 5.09. The quantitative estimate of drug-likeness (QED) is 0.790. The van der Waals surface area contributed by atoms with Crippen LogP contribution in [0, 0.1) is 0 Å². The molecule has 0 N–H and O–H groups in total. The van der Waals surface area contributed by atoms with Crippen molar-refractivity contribution in [3.63, 3.8) is 0 Å². The molecule has 1 aliphatic heterocycles. The minimum absolute atomic E-state index is 0.194. The van der Waals surface area contributed by atoms with E-state index in [4.69, 9.17) is 0 Å². The lowest BCUT2D eigenvalue weighted by atomic mass is 10.0. The molecule has 3 rings (SSSR count). The summed E-state index contributed by atoms with van der Waals surface area (Å²) < 4.78 is 0. The van der Waals surface area contributed by atoms with Crippen molar-refractivity contribution in [2.24, 2.45) is 0 Å². The van der Waals surface area contributed by atoms with E-state index < -0.39 is 0 Å². The molecule has 0 bridgehead atoms. The van der Waals surface area contributed by atoms with Gasteiger partial charge in [-0.25, -0.2) is 0 Å². The van der Waals surface area contributed by atoms with Gasteiger partial charge in [0, 0.05) is 30.9 Å². The lowest BCUT2D eigenvalue weighted by molar-refractivity contribution is -0.130. The van der Waals surface area contributed by atoms with E-state index in [2.05, 4.69) is 24.9 Å². The van der Waals surface area contributed by atoms with Crippen LogP contribution >= 0.6 is 0 Å². The Labute approximate surface area is 125 Å². The zero-order chi connectivity index (χ0) is 14.8. The Kier molecular flexibility index (Phi) is 3.74. The van der Waals surface area contributed by atoms with Crippen LogP contribution in [0.25, 0.3) is 10.8 Å². The van der Waals surface area contributed by atoms with Crippen molar-refractivity contribution in [2.45, 2.75) is 26.7 Å². The van der Waals surface area contributed by atoms with Crippen LogP contribution in [-0.4, -0.2) is 28.9 Å². The van der Waals surface area contributed by atoms with Gasteiger partial charge in [-0.3, -0.25) is 9.78 Å². The second-order valence-corrected chi connectivity index (χ2v) is 5.82. The monoisotopic (exact) mass is 280 g/mol. The van der Waals surface area contributed by atoms with Crippen LogP contribution in [0.5, 0.6) is 0 Å². The number of carbonyl (C=O) groups is 1. The summed E-state index contributed by atoms with van der Waals surface area (Å²) >= 11 is 0. The molecule has 2 heterocycles. The summed E-state index contributed by atoms with van der Waals surface area (Å²) in [4.78, 5) is 18.8. The molecule has 0 unspecified atom stereocenters. The molecule has 0 radical (unpaired) electrons. The lowest BCUT2D eigenvalue weighted by Crippen LogP contribution is -2.37. The van der Waals surface area contributed by atoms with Crippen molar-refractivity contribution in [1.29, 1.82) is 0 Å². The first-order chi connectivity index (χ1) is 10.1. The van der Waals surface area contributed by atoms with Gasteiger partial charge in [0.15, 0.2) is 0 Å². The third-order valence-electron chi connectivity index (χ3n) is 4.36. The molecule has 0 saturated heterocycles. The van der Waals surface area contributed by atoms with Gasteiger partial charge in [0.05, 0.1) is 6.42 Å². The van der Waals surface area contributed by atoms with E-state index in [1.54, 1.807) is 0 Å². The second kappa shape index (κ2) is 5.68. The van der Waals surface area contributed by atoms with E-state index in [0.29, 0.717) is 6.42 Å². The zero-order valence-electron chi connectivity index (χ0n) is 12.6. The third-order valence-corrected chi connectivity index (χ3v) is 4.36. The molecule has 1 aromatic heterocycles. The van der Waals surface area contributed by atoms with Crippen LogP contribution in [0.1, 0.15) is 25.8 Å². The summed E-state index contributed by atoms with van der Waals surface area (Å²) in [6, 6.07) is 8.10. The number of rotatable bonds is 2. The molecule has 1 aliphatic rings. The number of fused-ring (bicyclic) bond motifs is 1. The summed E-state index contributed by atoms with van der Waals surface area (Å²) in [6.45, 7) is 5.88. The molecule has 0 aliphatic carbocycles. The van der Waals surface area contributed by atoms with Crippen LogP contribution in [0.3, 0.4) is 0 Å². The molecule has 108 valence electrons. The molecule has 0 atom stereocenters. The fraction of sp³-hybridized carbons (Fsp3) is 0.333. The first-order valence-electron chi connectivity index (χ1n) is 7.40. The van der Waals surface area contributed by atoms with E-state index in [1.165, 1.54) is 11.1 Å². The molecule has 0 spiro atoms. The maximum absolute atomic E-state index is 12.5. The van der Waals surface area contributed by atoms with Gasteiger partial charge in [-0.05, 0) is 31.2 Å². The Morgan fingerprint density at radius 2 is 2.00 bits per heavy atom. The highest BCUT2D eigenvalue weighted by Gasteiger charge is 2.19. The Balaban J connectivity index is 1.81. The average Bonchev–Trinajstić information content (AvgIpc) is 2.50. The molecule has 21 heavy (non-hydrogen) atoms. The lowest BCUT2D eigenvalue weighted by Gasteiger charge is -2.29. The Bertz CT molecular complexity index is 713. The van der Waals surface area contributed by atoms with E-state index in [1.807, 2.05) is 35.5 Å². The smallest absolute Gasteiger partial charge is 0.227 e. The fourth-order valence-corrected chi connectivity index (χ4v) is 2.82. The fourth-order valence-electron chi connectivity index (χ4n) is 2.82. The van der Waals surface area contributed by atoms with Crippen molar-refractivity contribution in [2.75, 3.05) is 13.1 Å². The van der Waals surface area contributed by atoms with Crippen molar-refractivity contribution in [3.05, 3.63) is 53.4 Å². The number of hydrogen-bond donors (Lipinski definition) is 0. The first kappa shape index (κ1) is 13.8. The van der Waals surface area contributed by atoms with Gasteiger partial charge >= 0.3 is 0 Å². The van der Waals surface area contributed by atoms with E-state index >= 15 is 0 Å². The van der Waals surface area contributed by atoms with Crippen LogP contribution in [0.2, 0.25) is 0 Å². The molecule has 1 aromatic carbocycles. The molecular formula is C18H20N2O. The van der Waals surface area contributed by atoms with Crippen molar-refractivity contribution in [3.8, 4) is 0 Å². The Hall–Kier alpha value is -2.16. The first-order valence-corrected chi connectivity index (χ1v) is 7.40. The second-order valence-electron chi connectivity index (χ2n) is 5.82. The highest BCUT2D eigenvalue weighted by molar-refractivity contribution is 5.89. The third kappa shape index (κ3) is 2.82. The van der Waals surface area contributed by atoms with Crippen LogP contribution < -0.4 is 0 Å². The van der Waals surface area contributed by atoms with Gasteiger partial charge in [-0.1, -0.05) is 35.4 Å². The molecule has 1 amide bonds. The Morgan fingerprint density at radius 1 is 1.19 bits per heavy atom. The minimum atomic E-state index is 0.194. The number of nitrogens with zero attached hydrogens (tertiary/aromatic N) is 2. The van der Waals surface area contributed by atoms with Crippen LogP contribution in [-0.2, 0) is 11.2 Å². The number of pyridine rings is 1. The average molecular weight is 280 g/mol. The van der Waals surface area contributed by atoms with Gasteiger partial charge < -0.3 is 4.90 Å². The minimum Gasteiger partial charge on any atom is -0.338 e. The predicted molar refractivity (Wildman–Crippen MR) is 85.0 cm³/mol.